The van der Waals surface area contributed by atoms with E-state index in [2.05, 4.69) is 15.5 Å². The van der Waals surface area contributed by atoms with Crippen LogP contribution >= 0.6 is 11.6 Å². The van der Waals surface area contributed by atoms with Crippen LogP contribution in [0, 0.1) is 5.92 Å². The molecule has 0 saturated carbocycles. The van der Waals surface area contributed by atoms with Gasteiger partial charge in [0.15, 0.2) is 0 Å². The van der Waals surface area contributed by atoms with Gasteiger partial charge in [0.2, 0.25) is 0 Å². The van der Waals surface area contributed by atoms with E-state index in [0.717, 1.165) is 0 Å². The third-order valence-corrected chi connectivity index (χ3v) is 2.60. The number of hydrogen-bond acceptors (Lipinski definition) is 2. The minimum atomic E-state index is -0.148. The number of carbonyl (C=O) groups excluding carboxylic acids is 1. The van der Waals surface area contributed by atoms with Crippen LogP contribution in [-0.4, -0.2) is 28.0 Å². The number of alkyl halides is 1. The summed E-state index contributed by atoms with van der Waals surface area (Å²) in [6.45, 7) is 4.51. The number of aromatic amines is 1. The molecular weight excluding hydrogens is 202 g/mol. The van der Waals surface area contributed by atoms with E-state index < -0.39 is 0 Å². The van der Waals surface area contributed by atoms with Gasteiger partial charge in [-0.1, -0.05) is 13.8 Å². The molecule has 0 fully saturated rings. The Bertz CT molecular complexity index is 284. The molecule has 78 valence electrons. The maximum Gasteiger partial charge on any atom is 0.254 e. The van der Waals surface area contributed by atoms with Gasteiger partial charge in [-0.15, -0.1) is 11.6 Å². The van der Waals surface area contributed by atoms with Gasteiger partial charge in [-0.05, 0) is 5.92 Å². The van der Waals surface area contributed by atoms with Crippen molar-refractivity contribution >= 4 is 17.5 Å². The van der Waals surface area contributed by atoms with E-state index in [1.807, 2.05) is 13.8 Å². The smallest absolute Gasteiger partial charge is 0.254 e. The van der Waals surface area contributed by atoms with Crippen LogP contribution in [0.25, 0.3) is 0 Å². The van der Waals surface area contributed by atoms with Gasteiger partial charge in [-0.2, -0.15) is 5.10 Å². The summed E-state index contributed by atoms with van der Waals surface area (Å²) in [5.74, 6) is 0.200. The van der Waals surface area contributed by atoms with Gasteiger partial charge in [-0.25, -0.2) is 0 Å². The Morgan fingerprint density at radius 1 is 1.71 bits per heavy atom. The zero-order chi connectivity index (χ0) is 10.6. The van der Waals surface area contributed by atoms with E-state index in [1.54, 1.807) is 6.20 Å². The van der Waals surface area contributed by atoms with Crippen LogP contribution in [0.1, 0.15) is 24.2 Å². The number of hydrogen-bond donors (Lipinski definition) is 2. The Morgan fingerprint density at radius 3 is 2.93 bits per heavy atom. The minimum absolute atomic E-state index is 0.0362. The van der Waals surface area contributed by atoms with E-state index in [0.29, 0.717) is 18.0 Å². The summed E-state index contributed by atoms with van der Waals surface area (Å²) in [5, 5.41) is 8.96. The molecule has 0 aliphatic heterocycles. The molecule has 0 aliphatic carbocycles. The Labute approximate surface area is 88.0 Å². The Hall–Kier alpha value is -1.03. The van der Waals surface area contributed by atoms with E-state index in [4.69, 9.17) is 11.6 Å². The molecule has 0 radical (unpaired) electrons. The lowest BCUT2D eigenvalue weighted by Gasteiger charge is -2.13. The number of aromatic nitrogens is 2. The predicted octanol–water partition coefficient (Wildman–Crippen LogP) is 1.40. The number of H-pyrrole nitrogens is 1. The molecule has 14 heavy (non-hydrogen) atoms. The van der Waals surface area contributed by atoms with E-state index in [1.165, 1.54) is 6.20 Å². The van der Waals surface area contributed by atoms with Crippen LogP contribution in [-0.2, 0) is 0 Å². The molecule has 0 spiro atoms. The molecule has 5 heteroatoms. The van der Waals surface area contributed by atoms with Gasteiger partial charge in [-0.3, -0.25) is 9.89 Å². The molecule has 0 aromatic carbocycles. The van der Waals surface area contributed by atoms with E-state index in [9.17, 15) is 4.79 Å². The summed E-state index contributed by atoms with van der Waals surface area (Å²) < 4.78 is 0. The molecule has 2 N–H and O–H groups in total. The van der Waals surface area contributed by atoms with Crippen molar-refractivity contribution in [1.82, 2.24) is 15.5 Å². The molecule has 1 aromatic rings. The first-order valence-corrected chi connectivity index (χ1v) is 4.96. The fourth-order valence-corrected chi connectivity index (χ4v) is 0.980. The maximum atomic E-state index is 11.4. The monoisotopic (exact) mass is 215 g/mol. The Morgan fingerprint density at radius 2 is 2.43 bits per heavy atom. The molecule has 4 nitrogen and oxygen atoms in total. The zero-order valence-electron chi connectivity index (χ0n) is 8.25. The molecule has 0 saturated heterocycles. The number of nitrogens with one attached hydrogen (secondary N) is 2. The normalized spacial score (nSPS) is 12.9. The lowest BCUT2D eigenvalue weighted by molar-refractivity contribution is 0.0952. The average Bonchev–Trinajstić information content (AvgIpc) is 2.66. The zero-order valence-corrected chi connectivity index (χ0v) is 9.01. The summed E-state index contributed by atoms with van der Waals surface area (Å²) in [6.07, 6.45) is 3.03. The quantitative estimate of drug-likeness (QED) is 0.746. The van der Waals surface area contributed by atoms with Crippen molar-refractivity contribution in [3.8, 4) is 0 Å². The third kappa shape index (κ3) is 3.03. The highest BCUT2D eigenvalue weighted by Crippen LogP contribution is 2.07. The SMILES string of the molecule is CC(C)C(Cl)CNC(=O)c1cn[nH]c1. The van der Waals surface area contributed by atoms with E-state index in [-0.39, 0.29) is 11.3 Å². The van der Waals surface area contributed by atoms with Gasteiger partial charge in [0.1, 0.15) is 0 Å². The van der Waals surface area contributed by atoms with Gasteiger partial charge >= 0.3 is 0 Å². The standard InChI is InChI=1S/C9H14ClN3O/c1-6(2)8(10)5-11-9(14)7-3-12-13-4-7/h3-4,6,8H,5H2,1-2H3,(H,11,14)(H,12,13). The van der Waals surface area contributed by atoms with Crippen LogP contribution in [0.2, 0.25) is 0 Å². The van der Waals surface area contributed by atoms with Crippen molar-refractivity contribution in [2.45, 2.75) is 19.2 Å². The van der Waals surface area contributed by atoms with Gasteiger partial charge in [0, 0.05) is 12.7 Å². The topological polar surface area (TPSA) is 57.8 Å². The summed E-state index contributed by atoms with van der Waals surface area (Å²) in [6, 6.07) is 0. The van der Waals surface area contributed by atoms with Crippen molar-refractivity contribution in [3.05, 3.63) is 18.0 Å². The molecule has 0 aliphatic rings. The van der Waals surface area contributed by atoms with Gasteiger partial charge < -0.3 is 5.32 Å². The summed E-state index contributed by atoms with van der Waals surface area (Å²) >= 11 is 5.98. The molecule has 1 atom stereocenters. The number of nitrogens with zero attached hydrogens (tertiary/aromatic N) is 1. The average molecular weight is 216 g/mol. The van der Waals surface area contributed by atoms with E-state index >= 15 is 0 Å². The predicted molar refractivity (Wildman–Crippen MR) is 55.4 cm³/mol. The van der Waals surface area contributed by atoms with Crippen LogP contribution in [0.4, 0.5) is 0 Å². The van der Waals surface area contributed by atoms with Crippen LogP contribution in [0.3, 0.4) is 0 Å². The van der Waals surface area contributed by atoms with Crippen molar-refractivity contribution in [2.75, 3.05) is 6.54 Å². The largest absolute Gasteiger partial charge is 0.350 e. The van der Waals surface area contributed by atoms with Gasteiger partial charge in [0.25, 0.3) is 5.91 Å². The van der Waals surface area contributed by atoms with Crippen LogP contribution in [0.5, 0.6) is 0 Å². The van der Waals surface area contributed by atoms with Crippen molar-refractivity contribution in [2.24, 2.45) is 5.92 Å². The second-order valence-corrected chi connectivity index (χ2v) is 4.02. The first-order chi connectivity index (χ1) is 6.61. The highest BCUT2D eigenvalue weighted by Gasteiger charge is 2.12. The fourth-order valence-electron chi connectivity index (χ4n) is 0.903. The molecule has 1 heterocycles. The summed E-state index contributed by atoms with van der Waals surface area (Å²) in [4.78, 5) is 11.4. The molecule has 1 unspecified atom stereocenters. The Kier molecular flexibility index (Phi) is 3.95. The Balaban J connectivity index is 2.36. The first-order valence-electron chi connectivity index (χ1n) is 4.52. The lowest BCUT2D eigenvalue weighted by Crippen LogP contribution is -2.31. The van der Waals surface area contributed by atoms with Crippen molar-refractivity contribution < 1.29 is 4.79 Å². The molecule has 1 amide bonds. The minimum Gasteiger partial charge on any atom is -0.350 e. The van der Waals surface area contributed by atoms with Crippen molar-refractivity contribution in [3.63, 3.8) is 0 Å². The summed E-state index contributed by atoms with van der Waals surface area (Å²) in [7, 11) is 0. The van der Waals surface area contributed by atoms with Crippen LogP contribution < -0.4 is 5.32 Å². The number of rotatable bonds is 4. The van der Waals surface area contributed by atoms with Crippen LogP contribution in [0.15, 0.2) is 12.4 Å². The van der Waals surface area contributed by atoms with Gasteiger partial charge in [0.05, 0.1) is 17.1 Å². The highest BCUT2D eigenvalue weighted by atomic mass is 35.5. The molecule has 1 aromatic heterocycles. The fraction of sp³-hybridized carbons (Fsp3) is 0.556. The summed E-state index contributed by atoms with van der Waals surface area (Å²) in [5.41, 5.74) is 0.526. The molecule has 0 bridgehead atoms. The number of amides is 1. The number of carbonyl (C=O) groups is 1. The third-order valence-electron chi connectivity index (χ3n) is 1.94. The molecular formula is C9H14ClN3O. The molecule has 1 rings (SSSR count). The maximum absolute atomic E-state index is 11.4. The second kappa shape index (κ2) is 5.00. The highest BCUT2D eigenvalue weighted by molar-refractivity contribution is 6.21. The second-order valence-electron chi connectivity index (χ2n) is 3.46. The lowest BCUT2D eigenvalue weighted by atomic mass is 10.1. The first kappa shape index (κ1) is 11.0. The number of halogens is 1. The van der Waals surface area contributed by atoms with Crippen molar-refractivity contribution in [1.29, 1.82) is 0 Å².